The number of amides is 1. The number of rotatable bonds is 5. The molecule has 25 heavy (non-hydrogen) atoms. The van der Waals surface area contributed by atoms with E-state index in [0.717, 1.165) is 0 Å². The van der Waals surface area contributed by atoms with Crippen molar-refractivity contribution in [2.45, 2.75) is 26.9 Å². The summed E-state index contributed by atoms with van der Waals surface area (Å²) in [6.07, 6.45) is -0.977. The maximum Gasteiger partial charge on any atom is 0.339 e. The molecule has 1 aliphatic rings. The van der Waals surface area contributed by atoms with E-state index >= 15 is 0 Å². The van der Waals surface area contributed by atoms with Gasteiger partial charge in [0.05, 0.1) is 5.56 Å². The maximum absolute atomic E-state index is 12.4. The molecule has 1 amide bonds. The first kappa shape index (κ1) is 16.8. The largest absolute Gasteiger partial charge is 0.454 e. The van der Waals surface area contributed by atoms with Gasteiger partial charge in [-0.2, -0.15) is 0 Å². The number of anilines is 1. The Bertz CT molecular complexity index is 798. The SMILES string of the molecule is Cc1cc(NC(=O)C(OC(=O)c2ccc3c(c2)OCO3)C(C)C)no1. The first-order valence-corrected chi connectivity index (χ1v) is 7.79. The smallest absolute Gasteiger partial charge is 0.339 e. The van der Waals surface area contributed by atoms with Crippen molar-refractivity contribution in [3.8, 4) is 11.5 Å². The van der Waals surface area contributed by atoms with Crippen LogP contribution in [0.25, 0.3) is 0 Å². The van der Waals surface area contributed by atoms with Crippen molar-refractivity contribution >= 4 is 17.7 Å². The lowest BCUT2D eigenvalue weighted by Crippen LogP contribution is -2.36. The number of carbonyl (C=O) groups excluding carboxylic acids is 2. The first-order chi connectivity index (χ1) is 11.9. The molecule has 1 aromatic heterocycles. The summed E-state index contributed by atoms with van der Waals surface area (Å²) >= 11 is 0. The van der Waals surface area contributed by atoms with Crippen LogP contribution in [0.4, 0.5) is 5.82 Å². The minimum atomic E-state index is -0.977. The van der Waals surface area contributed by atoms with E-state index in [-0.39, 0.29) is 24.1 Å². The molecule has 0 aliphatic carbocycles. The highest BCUT2D eigenvalue weighted by Crippen LogP contribution is 2.32. The van der Waals surface area contributed by atoms with Gasteiger partial charge in [0.2, 0.25) is 6.79 Å². The number of aromatic nitrogens is 1. The highest BCUT2D eigenvalue weighted by atomic mass is 16.7. The van der Waals surface area contributed by atoms with Gasteiger partial charge < -0.3 is 24.1 Å². The Morgan fingerprint density at radius 1 is 1.20 bits per heavy atom. The molecular weight excluding hydrogens is 328 g/mol. The molecule has 1 N–H and O–H groups in total. The van der Waals surface area contributed by atoms with Gasteiger partial charge in [0.25, 0.3) is 5.91 Å². The lowest BCUT2D eigenvalue weighted by atomic mass is 10.1. The molecule has 8 heteroatoms. The maximum atomic E-state index is 12.4. The minimum absolute atomic E-state index is 0.113. The summed E-state index contributed by atoms with van der Waals surface area (Å²) in [5.41, 5.74) is 0.278. The molecular formula is C17H18N2O6. The number of ether oxygens (including phenoxy) is 3. The zero-order valence-electron chi connectivity index (χ0n) is 14.1. The van der Waals surface area contributed by atoms with E-state index in [4.69, 9.17) is 18.7 Å². The second kappa shape index (κ2) is 6.84. The lowest BCUT2D eigenvalue weighted by molar-refractivity contribution is -0.126. The third-order valence-electron chi connectivity index (χ3n) is 3.59. The number of nitrogens with one attached hydrogen (secondary N) is 1. The van der Waals surface area contributed by atoms with Crippen LogP contribution in [0.2, 0.25) is 0 Å². The van der Waals surface area contributed by atoms with Crippen molar-refractivity contribution in [1.82, 2.24) is 5.16 Å². The van der Waals surface area contributed by atoms with Gasteiger partial charge in [-0.05, 0) is 31.0 Å². The van der Waals surface area contributed by atoms with Crippen LogP contribution in [0.1, 0.15) is 30.0 Å². The van der Waals surface area contributed by atoms with Crippen LogP contribution in [0.3, 0.4) is 0 Å². The number of aryl methyl sites for hydroxylation is 1. The summed E-state index contributed by atoms with van der Waals surface area (Å²) < 4.78 is 20.7. The van der Waals surface area contributed by atoms with Gasteiger partial charge in [-0.3, -0.25) is 4.79 Å². The number of nitrogens with zero attached hydrogens (tertiary/aromatic N) is 1. The number of hydrogen-bond acceptors (Lipinski definition) is 7. The zero-order valence-corrected chi connectivity index (χ0v) is 14.1. The predicted molar refractivity (Wildman–Crippen MR) is 86.5 cm³/mol. The Labute approximate surface area is 144 Å². The van der Waals surface area contributed by atoms with Crippen molar-refractivity contribution in [3.05, 3.63) is 35.6 Å². The average Bonchev–Trinajstić information content (AvgIpc) is 3.19. The summed E-state index contributed by atoms with van der Waals surface area (Å²) in [5.74, 6) is 0.544. The molecule has 2 aromatic rings. The monoisotopic (exact) mass is 346 g/mol. The quantitative estimate of drug-likeness (QED) is 0.830. The summed E-state index contributed by atoms with van der Waals surface area (Å²) in [7, 11) is 0. The summed E-state index contributed by atoms with van der Waals surface area (Å²) in [6.45, 7) is 5.39. The van der Waals surface area contributed by atoms with Crippen molar-refractivity contribution in [2.75, 3.05) is 12.1 Å². The predicted octanol–water partition coefficient (Wildman–Crippen LogP) is 2.53. The first-order valence-electron chi connectivity index (χ1n) is 7.79. The van der Waals surface area contributed by atoms with Crippen molar-refractivity contribution in [3.63, 3.8) is 0 Å². The molecule has 1 aliphatic heterocycles. The molecule has 8 nitrogen and oxygen atoms in total. The van der Waals surface area contributed by atoms with Gasteiger partial charge >= 0.3 is 5.97 Å². The average molecular weight is 346 g/mol. The van der Waals surface area contributed by atoms with Crippen LogP contribution >= 0.6 is 0 Å². The molecule has 0 saturated carbocycles. The van der Waals surface area contributed by atoms with Gasteiger partial charge in [0.15, 0.2) is 23.4 Å². The topological polar surface area (TPSA) is 99.9 Å². The van der Waals surface area contributed by atoms with E-state index in [0.29, 0.717) is 17.3 Å². The molecule has 0 saturated heterocycles. The molecule has 1 aromatic carbocycles. The van der Waals surface area contributed by atoms with Crippen molar-refractivity contribution in [2.24, 2.45) is 5.92 Å². The van der Waals surface area contributed by atoms with Crippen LogP contribution in [-0.2, 0) is 9.53 Å². The molecule has 0 radical (unpaired) electrons. The van der Waals surface area contributed by atoms with Crippen LogP contribution < -0.4 is 14.8 Å². The second-order valence-electron chi connectivity index (χ2n) is 5.95. The number of esters is 1. The van der Waals surface area contributed by atoms with E-state index in [9.17, 15) is 9.59 Å². The fraction of sp³-hybridized carbons (Fsp3) is 0.353. The standard InChI is InChI=1S/C17H18N2O6/c1-9(2)15(16(20)18-14-6-10(3)25-19-14)24-17(21)11-4-5-12-13(7-11)23-8-22-12/h4-7,9,15H,8H2,1-3H3,(H,18,19,20). The molecule has 0 spiro atoms. The van der Waals surface area contributed by atoms with E-state index in [2.05, 4.69) is 10.5 Å². The fourth-order valence-corrected chi connectivity index (χ4v) is 2.32. The Morgan fingerprint density at radius 3 is 2.64 bits per heavy atom. The summed E-state index contributed by atoms with van der Waals surface area (Å²) in [6, 6.07) is 6.30. The van der Waals surface area contributed by atoms with E-state index < -0.39 is 18.0 Å². The second-order valence-corrected chi connectivity index (χ2v) is 5.95. The molecule has 0 bridgehead atoms. The van der Waals surface area contributed by atoms with Crippen LogP contribution in [0.15, 0.2) is 28.8 Å². The highest BCUT2D eigenvalue weighted by Gasteiger charge is 2.28. The number of fused-ring (bicyclic) bond motifs is 1. The van der Waals surface area contributed by atoms with Crippen LogP contribution in [-0.4, -0.2) is 29.9 Å². The minimum Gasteiger partial charge on any atom is -0.454 e. The Balaban J connectivity index is 1.70. The number of carbonyl (C=O) groups is 2. The fourth-order valence-electron chi connectivity index (χ4n) is 2.32. The molecule has 1 atom stereocenters. The van der Waals surface area contributed by atoms with E-state index in [1.807, 2.05) is 0 Å². The summed E-state index contributed by atoms with van der Waals surface area (Å²) in [5, 5.41) is 6.27. The van der Waals surface area contributed by atoms with Crippen molar-refractivity contribution in [1.29, 1.82) is 0 Å². The van der Waals surface area contributed by atoms with Crippen LogP contribution in [0, 0.1) is 12.8 Å². The van der Waals surface area contributed by atoms with Gasteiger partial charge in [0.1, 0.15) is 5.76 Å². The highest BCUT2D eigenvalue weighted by molar-refractivity contribution is 5.97. The normalized spacial score (nSPS) is 13.6. The third kappa shape index (κ3) is 3.73. The molecule has 132 valence electrons. The van der Waals surface area contributed by atoms with Gasteiger partial charge in [-0.25, -0.2) is 4.79 Å². The Hall–Kier alpha value is -3.03. The molecule has 3 rings (SSSR count). The Morgan fingerprint density at radius 2 is 1.96 bits per heavy atom. The molecule has 1 unspecified atom stereocenters. The Kier molecular flexibility index (Phi) is 4.60. The van der Waals surface area contributed by atoms with Gasteiger partial charge in [-0.15, -0.1) is 0 Å². The van der Waals surface area contributed by atoms with E-state index in [1.54, 1.807) is 39.0 Å². The van der Waals surface area contributed by atoms with E-state index in [1.165, 1.54) is 6.07 Å². The van der Waals surface area contributed by atoms with Crippen molar-refractivity contribution < 1.29 is 28.3 Å². The third-order valence-corrected chi connectivity index (χ3v) is 3.59. The summed E-state index contributed by atoms with van der Waals surface area (Å²) in [4.78, 5) is 24.8. The van der Waals surface area contributed by atoms with Gasteiger partial charge in [-0.1, -0.05) is 19.0 Å². The molecule has 2 heterocycles. The molecule has 0 fully saturated rings. The van der Waals surface area contributed by atoms with Gasteiger partial charge in [0, 0.05) is 6.07 Å². The lowest BCUT2D eigenvalue weighted by Gasteiger charge is -2.20. The van der Waals surface area contributed by atoms with Crippen LogP contribution in [0.5, 0.6) is 11.5 Å². The number of hydrogen-bond donors (Lipinski definition) is 1. The zero-order chi connectivity index (χ0) is 18.0. The number of benzene rings is 1.